The van der Waals surface area contributed by atoms with Crippen molar-refractivity contribution in [2.75, 3.05) is 12.3 Å². The summed E-state index contributed by atoms with van der Waals surface area (Å²) in [5.74, 6) is 1.56. The highest BCUT2D eigenvalue weighted by atomic mass is 79.9. The molecule has 7 heteroatoms. The van der Waals surface area contributed by atoms with Crippen LogP contribution in [0.5, 0.6) is 0 Å². The molecule has 1 saturated carbocycles. The Morgan fingerprint density at radius 1 is 1.19 bits per heavy atom. The van der Waals surface area contributed by atoms with Gasteiger partial charge >= 0.3 is 0 Å². The Balaban J connectivity index is 1.50. The van der Waals surface area contributed by atoms with Crippen LogP contribution in [-0.2, 0) is 4.79 Å². The molecular weight excluding hydrogens is 412 g/mol. The van der Waals surface area contributed by atoms with E-state index in [1.54, 1.807) is 0 Å². The highest BCUT2D eigenvalue weighted by Gasteiger charge is 2.31. The molecule has 1 atom stereocenters. The molecular formula is C19H23BrN4OS. The molecule has 1 aliphatic carbocycles. The number of nitrogens with zero attached hydrogens (tertiary/aromatic N) is 4. The van der Waals surface area contributed by atoms with Crippen molar-refractivity contribution in [3.05, 3.63) is 28.7 Å². The molecule has 0 N–H and O–H groups in total. The molecule has 0 radical (unpaired) electrons. The largest absolute Gasteiger partial charge is 0.339 e. The van der Waals surface area contributed by atoms with Gasteiger partial charge in [0.2, 0.25) is 5.91 Å². The van der Waals surface area contributed by atoms with E-state index in [0.717, 1.165) is 53.2 Å². The topological polar surface area (TPSA) is 51.0 Å². The average molecular weight is 435 g/mol. The lowest BCUT2D eigenvalue weighted by Gasteiger charge is -2.33. The minimum atomic E-state index is 0.220. The molecule has 0 spiro atoms. The van der Waals surface area contributed by atoms with E-state index in [1.165, 1.54) is 18.2 Å². The zero-order chi connectivity index (χ0) is 18.1. The summed E-state index contributed by atoms with van der Waals surface area (Å²) < 4.78 is 3.27. The Morgan fingerprint density at radius 2 is 1.96 bits per heavy atom. The fourth-order valence-electron chi connectivity index (χ4n) is 3.51. The van der Waals surface area contributed by atoms with Crippen LogP contribution in [0.15, 0.2) is 33.9 Å². The molecule has 1 aromatic heterocycles. The molecule has 1 unspecified atom stereocenters. The maximum absolute atomic E-state index is 12.6. The third-order valence-corrected chi connectivity index (χ3v) is 6.58. The lowest BCUT2D eigenvalue weighted by atomic mass is 10.0. The number of thioether (sulfide) groups is 1. The number of hydrogen-bond acceptors (Lipinski definition) is 4. The molecule has 1 saturated heterocycles. The summed E-state index contributed by atoms with van der Waals surface area (Å²) in [6.07, 6.45) is 5.78. The molecule has 1 amide bonds. The van der Waals surface area contributed by atoms with Crippen LogP contribution in [0.25, 0.3) is 11.4 Å². The Kier molecular flexibility index (Phi) is 5.36. The number of carbonyl (C=O) groups is 1. The van der Waals surface area contributed by atoms with Crippen LogP contribution in [0.2, 0.25) is 0 Å². The van der Waals surface area contributed by atoms with Crippen molar-refractivity contribution in [1.29, 1.82) is 0 Å². The van der Waals surface area contributed by atoms with Crippen molar-refractivity contribution in [3.8, 4) is 11.4 Å². The van der Waals surface area contributed by atoms with Gasteiger partial charge in [0.05, 0.1) is 5.75 Å². The standard InChI is InChI=1S/C19H23BrN4OS/c1-13-4-2-3-11-23(13)17(25)12-26-19-22-21-18(24(19)16-9-10-16)14-5-7-15(20)8-6-14/h5-8,13,16H,2-4,9-12H2,1H3. The van der Waals surface area contributed by atoms with Crippen LogP contribution < -0.4 is 0 Å². The van der Waals surface area contributed by atoms with Crippen molar-refractivity contribution in [2.45, 2.75) is 56.3 Å². The predicted octanol–water partition coefficient (Wildman–Crippen LogP) is 4.54. The van der Waals surface area contributed by atoms with Crippen LogP contribution in [0.1, 0.15) is 45.1 Å². The van der Waals surface area contributed by atoms with Gasteiger partial charge in [0, 0.05) is 28.7 Å². The molecule has 1 aromatic carbocycles. The normalized spacial score (nSPS) is 20.4. The summed E-state index contributed by atoms with van der Waals surface area (Å²) in [4.78, 5) is 14.7. The fraction of sp³-hybridized carbons (Fsp3) is 0.526. The Hall–Kier alpha value is -1.34. The van der Waals surface area contributed by atoms with Gasteiger partial charge in [-0.1, -0.05) is 39.8 Å². The summed E-state index contributed by atoms with van der Waals surface area (Å²) >= 11 is 5.00. The van der Waals surface area contributed by atoms with Crippen molar-refractivity contribution in [1.82, 2.24) is 19.7 Å². The molecule has 2 heterocycles. The van der Waals surface area contributed by atoms with Gasteiger partial charge in [0.15, 0.2) is 11.0 Å². The number of likely N-dealkylation sites (tertiary alicyclic amines) is 1. The number of amides is 1. The molecule has 2 aromatic rings. The van der Waals surface area contributed by atoms with Crippen molar-refractivity contribution >= 4 is 33.6 Å². The molecule has 26 heavy (non-hydrogen) atoms. The molecule has 1 aliphatic heterocycles. The van der Waals surface area contributed by atoms with Crippen LogP contribution in [0.3, 0.4) is 0 Å². The maximum atomic E-state index is 12.6. The van der Waals surface area contributed by atoms with Gasteiger partial charge in [0.1, 0.15) is 0 Å². The summed E-state index contributed by atoms with van der Waals surface area (Å²) in [5.41, 5.74) is 1.07. The first-order chi connectivity index (χ1) is 12.6. The number of benzene rings is 1. The summed E-state index contributed by atoms with van der Waals surface area (Å²) in [6.45, 7) is 3.04. The van der Waals surface area contributed by atoms with Crippen molar-refractivity contribution in [2.24, 2.45) is 0 Å². The minimum Gasteiger partial charge on any atom is -0.339 e. The Morgan fingerprint density at radius 3 is 2.65 bits per heavy atom. The van der Waals surface area contributed by atoms with Crippen molar-refractivity contribution in [3.63, 3.8) is 0 Å². The molecule has 138 valence electrons. The lowest BCUT2D eigenvalue weighted by molar-refractivity contribution is -0.131. The smallest absolute Gasteiger partial charge is 0.233 e. The lowest BCUT2D eigenvalue weighted by Crippen LogP contribution is -2.43. The molecule has 4 rings (SSSR count). The second kappa shape index (κ2) is 7.72. The van der Waals surface area contributed by atoms with Gasteiger partial charge in [-0.3, -0.25) is 9.36 Å². The van der Waals surface area contributed by atoms with Gasteiger partial charge in [-0.05, 0) is 51.2 Å². The summed E-state index contributed by atoms with van der Waals surface area (Å²) in [6, 6.07) is 8.99. The second-order valence-electron chi connectivity index (χ2n) is 7.13. The third-order valence-electron chi connectivity index (χ3n) is 5.13. The number of rotatable bonds is 5. The van der Waals surface area contributed by atoms with Gasteiger partial charge in [-0.2, -0.15) is 0 Å². The first-order valence-electron chi connectivity index (χ1n) is 9.26. The molecule has 2 aliphatic rings. The number of aromatic nitrogens is 3. The van der Waals surface area contributed by atoms with Gasteiger partial charge < -0.3 is 4.90 Å². The summed E-state index contributed by atoms with van der Waals surface area (Å²) in [5, 5.41) is 9.70. The zero-order valence-electron chi connectivity index (χ0n) is 14.9. The first kappa shape index (κ1) is 18.0. The second-order valence-corrected chi connectivity index (χ2v) is 8.99. The van der Waals surface area contributed by atoms with E-state index < -0.39 is 0 Å². The Labute approximate surface area is 166 Å². The predicted molar refractivity (Wildman–Crippen MR) is 107 cm³/mol. The van der Waals surface area contributed by atoms with E-state index in [1.807, 2.05) is 17.0 Å². The van der Waals surface area contributed by atoms with Crippen LogP contribution in [0, 0.1) is 0 Å². The van der Waals surface area contributed by atoms with Crippen LogP contribution in [0.4, 0.5) is 0 Å². The minimum absolute atomic E-state index is 0.220. The number of hydrogen-bond donors (Lipinski definition) is 0. The van der Waals surface area contributed by atoms with Gasteiger partial charge in [0.25, 0.3) is 0 Å². The number of carbonyl (C=O) groups excluding carboxylic acids is 1. The number of piperidine rings is 1. The third kappa shape index (κ3) is 3.83. The van der Waals surface area contributed by atoms with Gasteiger partial charge in [-0.15, -0.1) is 10.2 Å². The van der Waals surface area contributed by atoms with E-state index in [9.17, 15) is 4.79 Å². The SMILES string of the molecule is CC1CCCCN1C(=O)CSc1nnc(-c2ccc(Br)cc2)n1C1CC1. The van der Waals surface area contributed by atoms with Crippen molar-refractivity contribution < 1.29 is 4.79 Å². The van der Waals surface area contributed by atoms with Crippen LogP contribution >= 0.6 is 27.7 Å². The van der Waals surface area contributed by atoms with E-state index in [0.29, 0.717) is 17.8 Å². The Bertz CT molecular complexity index is 787. The average Bonchev–Trinajstić information content (AvgIpc) is 3.40. The maximum Gasteiger partial charge on any atom is 0.233 e. The number of halogens is 1. The zero-order valence-corrected chi connectivity index (χ0v) is 17.3. The van der Waals surface area contributed by atoms with E-state index in [4.69, 9.17) is 0 Å². The summed E-state index contributed by atoms with van der Waals surface area (Å²) in [7, 11) is 0. The van der Waals surface area contributed by atoms with E-state index in [2.05, 4.69) is 49.8 Å². The highest BCUT2D eigenvalue weighted by Crippen LogP contribution is 2.41. The quantitative estimate of drug-likeness (QED) is 0.648. The monoisotopic (exact) mass is 434 g/mol. The highest BCUT2D eigenvalue weighted by molar-refractivity contribution is 9.10. The van der Waals surface area contributed by atoms with Gasteiger partial charge in [-0.25, -0.2) is 0 Å². The fourth-order valence-corrected chi connectivity index (χ4v) is 4.67. The van der Waals surface area contributed by atoms with Crippen LogP contribution in [-0.4, -0.2) is 43.9 Å². The molecule has 0 bridgehead atoms. The van der Waals surface area contributed by atoms with E-state index >= 15 is 0 Å². The first-order valence-corrected chi connectivity index (χ1v) is 11.0. The molecule has 5 nitrogen and oxygen atoms in total. The molecule has 2 fully saturated rings. The van der Waals surface area contributed by atoms with E-state index in [-0.39, 0.29) is 5.91 Å².